The number of hydrogen-bond acceptors (Lipinski definition) is 4. The number of hydrogen-bond donors (Lipinski definition) is 0. The lowest BCUT2D eigenvalue weighted by Crippen LogP contribution is -2.72. The summed E-state index contributed by atoms with van der Waals surface area (Å²) in [7, 11) is 0. The molecule has 1 aromatic heterocycles. The van der Waals surface area contributed by atoms with Crippen molar-refractivity contribution in [3.63, 3.8) is 0 Å². The van der Waals surface area contributed by atoms with E-state index in [1.165, 1.54) is 12.1 Å². The molecule has 2 fully saturated rings. The second kappa shape index (κ2) is 7.67. The van der Waals surface area contributed by atoms with Gasteiger partial charge in [0.1, 0.15) is 17.8 Å². The third-order valence-electron chi connectivity index (χ3n) is 6.77. The predicted molar refractivity (Wildman–Crippen MR) is 114 cm³/mol. The van der Waals surface area contributed by atoms with E-state index < -0.39 is 11.5 Å². The number of aromatic nitrogens is 1. The van der Waals surface area contributed by atoms with Crippen molar-refractivity contribution in [2.75, 3.05) is 6.54 Å². The highest BCUT2D eigenvalue weighted by atomic mass is 19.3. The molecule has 8 heteroatoms. The Morgan fingerprint density at radius 1 is 1.19 bits per heavy atom. The van der Waals surface area contributed by atoms with Crippen LogP contribution in [0.4, 0.5) is 8.78 Å². The Morgan fingerprint density at radius 2 is 1.81 bits per heavy atom. The number of rotatable bonds is 5. The highest BCUT2D eigenvalue weighted by molar-refractivity contribution is 5.99. The van der Waals surface area contributed by atoms with Crippen molar-refractivity contribution in [2.45, 2.75) is 77.4 Å². The fourth-order valence-electron chi connectivity index (χ4n) is 4.66. The van der Waals surface area contributed by atoms with Crippen LogP contribution < -0.4 is 0 Å². The van der Waals surface area contributed by atoms with Crippen LogP contribution in [-0.4, -0.2) is 44.7 Å². The largest absolute Gasteiger partial charge is 0.445 e. The van der Waals surface area contributed by atoms with Gasteiger partial charge in [-0.1, -0.05) is 24.3 Å². The van der Waals surface area contributed by atoms with Gasteiger partial charge in [0.15, 0.2) is 5.89 Å². The summed E-state index contributed by atoms with van der Waals surface area (Å²) < 4.78 is 32.9. The molecule has 32 heavy (non-hydrogen) atoms. The number of carbonyl (C=O) groups is 2. The first-order valence-corrected chi connectivity index (χ1v) is 10.9. The van der Waals surface area contributed by atoms with Crippen LogP contribution in [0.5, 0.6) is 0 Å². The molecule has 1 spiro atoms. The molecule has 1 saturated carbocycles. The molecule has 1 aromatic carbocycles. The van der Waals surface area contributed by atoms with Crippen LogP contribution in [0, 0.1) is 13.8 Å². The summed E-state index contributed by atoms with van der Waals surface area (Å²) in [5.41, 5.74) is 0.484. The first kappa shape index (κ1) is 22.4. The quantitative estimate of drug-likeness (QED) is 0.688. The van der Waals surface area contributed by atoms with Crippen LogP contribution in [0.1, 0.15) is 68.0 Å². The smallest absolute Gasteiger partial charge is 0.270 e. The molecule has 4 rings (SSSR count). The Morgan fingerprint density at radius 3 is 2.31 bits per heavy atom. The minimum atomic E-state index is -2.93. The van der Waals surface area contributed by atoms with Crippen LogP contribution in [0.2, 0.25) is 0 Å². The topological polar surface area (TPSA) is 66.7 Å². The second-order valence-corrected chi connectivity index (χ2v) is 9.42. The summed E-state index contributed by atoms with van der Waals surface area (Å²) in [5.74, 6) is -1.83. The molecule has 1 aliphatic carbocycles. The maximum absolute atomic E-state index is 13.6. The van der Waals surface area contributed by atoms with Crippen molar-refractivity contribution < 1.29 is 22.8 Å². The van der Waals surface area contributed by atoms with E-state index in [2.05, 4.69) is 4.98 Å². The first-order valence-electron chi connectivity index (χ1n) is 10.9. The molecule has 0 radical (unpaired) electrons. The van der Waals surface area contributed by atoms with Crippen molar-refractivity contribution in [2.24, 2.45) is 0 Å². The zero-order chi connectivity index (χ0) is 23.4. The van der Waals surface area contributed by atoms with E-state index in [1.54, 1.807) is 21.9 Å². The molecule has 0 N–H and O–H groups in total. The van der Waals surface area contributed by atoms with Gasteiger partial charge in [0, 0.05) is 31.0 Å². The van der Waals surface area contributed by atoms with Gasteiger partial charge < -0.3 is 14.2 Å². The van der Waals surface area contributed by atoms with Crippen LogP contribution in [-0.2, 0) is 22.1 Å². The highest BCUT2D eigenvalue weighted by Crippen LogP contribution is 2.51. The fraction of sp³-hybridized carbons (Fsp3) is 0.542. The first-order chi connectivity index (χ1) is 14.9. The number of carbonyl (C=O) groups excluding carboxylic acids is 2. The van der Waals surface area contributed by atoms with E-state index in [0.29, 0.717) is 24.3 Å². The van der Waals surface area contributed by atoms with Gasteiger partial charge in [-0.15, -0.1) is 0 Å². The molecular formula is C24H29F2N3O3. The minimum absolute atomic E-state index is 0.0191. The summed E-state index contributed by atoms with van der Waals surface area (Å²) in [6.45, 7) is 8.59. The number of benzene rings is 1. The van der Waals surface area contributed by atoms with E-state index in [4.69, 9.17) is 4.42 Å². The molecule has 2 amide bonds. The molecule has 172 valence electrons. The molecule has 2 aromatic rings. The normalized spacial score (nSPS) is 23.9. The summed E-state index contributed by atoms with van der Waals surface area (Å²) in [4.78, 5) is 34.4. The number of nitrogens with zero attached hydrogens (tertiary/aromatic N) is 3. The van der Waals surface area contributed by atoms with E-state index in [9.17, 15) is 18.4 Å². The van der Waals surface area contributed by atoms with Crippen LogP contribution in [0.3, 0.4) is 0 Å². The third kappa shape index (κ3) is 3.69. The lowest BCUT2D eigenvalue weighted by Gasteiger charge is -2.57. The average Bonchev–Trinajstić information content (AvgIpc) is 3.01. The van der Waals surface area contributed by atoms with Crippen molar-refractivity contribution in [1.29, 1.82) is 0 Å². The van der Waals surface area contributed by atoms with Crippen molar-refractivity contribution in [3.05, 3.63) is 52.7 Å². The molecule has 0 unspecified atom stereocenters. The van der Waals surface area contributed by atoms with Gasteiger partial charge in [-0.25, -0.2) is 13.8 Å². The second-order valence-electron chi connectivity index (χ2n) is 9.42. The van der Waals surface area contributed by atoms with Gasteiger partial charge in [0.25, 0.3) is 5.92 Å². The van der Waals surface area contributed by atoms with Gasteiger partial charge >= 0.3 is 0 Å². The molecule has 6 nitrogen and oxygen atoms in total. The zero-order valence-corrected chi connectivity index (χ0v) is 19.1. The van der Waals surface area contributed by atoms with Gasteiger partial charge in [0.2, 0.25) is 11.8 Å². The minimum Gasteiger partial charge on any atom is -0.445 e. The summed E-state index contributed by atoms with van der Waals surface area (Å²) in [6.07, 6.45) is 0.872. The molecule has 0 atom stereocenters. The zero-order valence-electron chi connectivity index (χ0n) is 19.1. The number of oxazole rings is 1. The number of piperazine rings is 1. The predicted octanol–water partition coefficient (Wildman–Crippen LogP) is 4.30. The van der Waals surface area contributed by atoms with Crippen molar-refractivity contribution in [3.8, 4) is 0 Å². The van der Waals surface area contributed by atoms with Crippen LogP contribution in [0.15, 0.2) is 28.7 Å². The molecule has 0 bridgehead atoms. The molecular weight excluding hydrogens is 416 g/mol. The Kier molecular flexibility index (Phi) is 5.38. The van der Waals surface area contributed by atoms with E-state index in [0.717, 1.165) is 18.4 Å². The summed E-state index contributed by atoms with van der Waals surface area (Å²) in [6, 6.07) is 5.86. The molecule has 2 heterocycles. The number of halogens is 2. The Hall–Kier alpha value is -2.77. The Labute approximate surface area is 186 Å². The van der Waals surface area contributed by atoms with Crippen molar-refractivity contribution >= 4 is 11.8 Å². The maximum Gasteiger partial charge on any atom is 0.270 e. The van der Waals surface area contributed by atoms with Gasteiger partial charge in [-0.05, 0) is 46.1 Å². The lowest BCUT2D eigenvalue weighted by molar-refractivity contribution is -0.176. The van der Waals surface area contributed by atoms with Gasteiger partial charge in [-0.2, -0.15) is 0 Å². The Bertz CT molecular complexity index is 1010. The third-order valence-corrected chi connectivity index (χ3v) is 6.77. The molecule has 2 aliphatic rings. The van der Waals surface area contributed by atoms with Gasteiger partial charge in [0.05, 0.1) is 5.69 Å². The monoisotopic (exact) mass is 445 g/mol. The average molecular weight is 446 g/mol. The highest BCUT2D eigenvalue weighted by Gasteiger charge is 2.61. The lowest BCUT2D eigenvalue weighted by atomic mass is 9.65. The Balaban J connectivity index is 1.62. The van der Waals surface area contributed by atoms with E-state index >= 15 is 0 Å². The number of aryl methyl sites for hydroxylation is 2. The van der Waals surface area contributed by atoms with Crippen LogP contribution >= 0.6 is 0 Å². The van der Waals surface area contributed by atoms with E-state index in [-0.39, 0.29) is 42.4 Å². The standard InChI is InChI=1S/C24H29F2N3O3/c1-14(2)28-13-20(30)29(12-17-6-8-19(9-7-17)23(5,25)26)24(22(28)31)10-18(11-24)21-27-15(3)16(4)32-21/h6-9,14,18H,10-13H2,1-5H3. The van der Waals surface area contributed by atoms with E-state index in [1.807, 2.05) is 27.7 Å². The van der Waals surface area contributed by atoms with Crippen molar-refractivity contribution in [1.82, 2.24) is 14.8 Å². The maximum atomic E-state index is 13.6. The summed E-state index contributed by atoms with van der Waals surface area (Å²) in [5, 5.41) is 0. The number of alkyl halides is 2. The molecule has 1 saturated heterocycles. The SMILES string of the molecule is Cc1nc(C2CC3(C2)C(=O)N(C(C)C)CC(=O)N3Cc2ccc(C(C)(F)F)cc2)oc1C. The van der Waals surface area contributed by atoms with Crippen LogP contribution in [0.25, 0.3) is 0 Å². The fourth-order valence-corrected chi connectivity index (χ4v) is 4.66. The summed E-state index contributed by atoms with van der Waals surface area (Å²) >= 11 is 0. The van der Waals surface area contributed by atoms with Gasteiger partial charge in [-0.3, -0.25) is 9.59 Å². The number of amides is 2. The molecule has 1 aliphatic heterocycles.